The van der Waals surface area contributed by atoms with Gasteiger partial charge in [0.25, 0.3) is 0 Å². The van der Waals surface area contributed by atoms with Crippen LogP contribution in [0.3, 0.4) is 0 Å². The van der Waals surface area contributed by atoms with Crippen LogP contribution in [0.25, 0.3) is 11.1 Å². The second kappa shape index (κ2) is 10.1. The molecule has 0 atom stereocenters. The third-order valence-corrected chi connectivity index (χ3v) is 4.96. The number of hydrogen-bond acceptors (Lipinski definition) is 6. The number of methoxy groups -OCH3 is 1. The molecule has 8 heteroatoms. The highest BCUT2D eigenvalue weighted by molar-refractivity contribution is 7.98. The molecule has 0 unspecified atom stereocenters. The second-order valence-corrected chi connectivity index (χ2v) is 8.75. The van der Waals surface area contributed by atoms with Gasteiger partial charge in [0.05, 0.1) is 17.6 Å². The van der Waals surface area contributed by atoms with Crippen LogP contribution in [0, 0.1) is 11.3 Å². The molecule has 3 rings (SSSR count). The van der Waals surface area contributed by atoms with Crippen LogP contribution in [-0.4, -0.2) is 23.7 Å². The molecule has 2 N–H and O–H groups in total. The average molecular weight is 449 g/mol. The molecule has 1 heterocycles. The van der Waals surface area contributed by atoms with Gasteiger partial charge in [-0.1, -0.05) is 24.3 Å². The van der Waals surface area contributed by atoms with Crippen LogP contribution in [0.4, 0.5) is 4.79 Å². The molecule has 0 radical (unpaired) electrons. The second-order valence-electron chi connectivity index (χ2n) is 7.91. The highest BCUT2D eigenvalue weighted by Crippen LogP contribution is 2.32. The summed E-state index contributed by atoms with van der Waals surface area (Å²) in [5.41, 5.74) is 1.97. The van der Waals surface area contributed by atoms with Gasteiger partial charge < -0.3 is 14.8 Å². The zero-order valence-corrected chi connectivity index (χ0v) is 19.1. The highest BCUT2D eigenvalue weighted by Gasteiger charge is 2.16. The van der Waals surface area contributed by atoms with Crippen molar-refractivity contribution in [2.24, 2.45) is 0 Å². The van der Waals surface area contributed by atoms with E-state index in [0.29, 0.717) is 16.2 Å². The molecule has 0 saturated heterocycles. The summed E-state index contributed by atoms with van der Waals surface area (Å²) in [6, 6.07) is 18.6. The van der Waals surface area contributed by atoms with Crippen LogP contribution in [0.2, 0.25) is 0 Å². The van der Waals surface area contributed by atoms with E-state index in [1.807, 2.05) is 69.3 Å². The highest BCUT2D eigenvalue weighted by atomic mass is 32.2. The summed E-state index contributed by atoms with van der Waals surface area (Å²) in [6.07, 6.45) is 1.43. The van der Waals surface area contributed by atoms with Crippen LogP contribution in [0.5, 0.6) is 17.4 Å². The number of rotatable bonds is 6. The third-order valence-electron chi connectivity index (χ3n) is 4.16. The number of nitriles is 1. The molecule has 0 spiro atoms. The Morgan fingerprint density at radius 3 is 2.47 bits per heavy atom. The number of urea groups is 1. The van der Waals surface area contributed by atoms with Crippen molar-refractivity contribution in [3.63, 3.8) is 0 Å². The summed E-state index contributed by atoms with van der Waals surface area (Å²) in [7, 11) is 1.63. The fourth-order valence-electron chi connectivity index (χ4n) is 2.74. The minimum absolute atomic E-state index is 0.289. The molecule has 2 amide bonds. The molecule has 0 aliphatic rings. The van der Waals surface area contributed by atoms with Gasteiger partial charge in [0.2, 0.25) is 5.88 Å². The lowest BCUT2D eigenvalue weighted by Crippen LogP contribution is -2.44. The van der Waals surface area contributed by atoms with E-state index >= 15 is 0 Å². The van der Waals surface area contributed by atoms with Gasteiger partial charge >= 0.3 is 6.03 Å². The van der Waals surface area contributed by atoms with Gasteiger partial charge in [0.1, 0.15) is 17.6 Å². The Balaban J connectivity index is 1.80. The number of nitrogens with zero attached hydrogens (tertiary/aromatic N) is 2. The maximum absolute atomic E-state index is 12.1. The summed E-state index contributed by atoms with van der Waals surface area (Å²) >= 11 is 1.03. The van der Waals surface area contributed by atoms with Crippen molar-refractivity contribution in [3.8, 4) is 34.6 Å². The van der Waals surface area contributed by atoms with Crippen molar-refractivity contribution in [1.29, 1.82) is 5.26 Å². The number of pyridine rings is 1. The van der Waals surface area contributed by atoms with E-state index in [0.717, 1.165) is 28.8 Å². The number of hydrogen-bond donors (Lipinski definition) is 2. The zero-order chi connectivity index (χ0) is 23.1. The van der Waals surface area contributed by atoms with Gasteiger partial charge in [-0.25, -0.2) is 9.78 Å². The van der Waals surface area contributed by atoms with Crippen molar-refractivity contribution >= 4 is 18.0 Å². The van der Waals surface area contributed by atoms with E-state index < -0.39 is 0 Å². The smallest absolute Gasteiger partial charge is 0.325 e. The van der Waals surface area contributed by atoms with Gasteiger partial charge in [0.15, 0.2) is 0 Å². The Kier molecular flexibility index (Phi) is 7.23. The first kappa shape index (κ1) is 23.0. The van der Waals surface area contributed by atoms with Crippen molar-refractivity contribution in [2.75, 3.05) is 7.11 Å². The van der Waals surface area contributed by atoms with E-state index in [2.05, 4.69) is 21.1 Å². The molecular formula is C24H24N4O3S. The molecule has 0 aliphatic carbocycles. The minimum Gasteiger partial charge on any atom is -0.497 e. The first-order chi connectivity index (χ1) is 15.3. The van der Waals surface area contributed by atoms with E-state index in [1.165, 1.54) is 6.20 Å². The predicted molar refractivity (Wildman–Crippen MR) is 125 cm³/mol. The number of carbonyl (C=O) groups is 1. The molecule has 1 aromatic heterocycles. The summed E-state index contributed by atoms with van der Waals surface area (Å²) in [5.74, 6) is 1.65. The number of aromatic nitrogens is 1. The molecule has 0 saturated carbocycles. The van der Waals surface area contributed by atoms with Gasteiger partial charge in [-0.15, -0.1) is 0 Å². The standard InChI is InChI=1S/C24H24N4O3S/c1-24(2,3)27-23(29)28-32-21-12-16(14-25)15-26-22(21)31-20-7-5-6-18(13-20)17-8-10-19(30-4)11-9-17/h5-13,15H,1-4H3,(H2,27,28,29). The number of nitrogens with one attached hydrogen (secondary N) is 2. The van der Waals surface area contributed by atoms with E-state index in [1.54, 1.807) is 13.2 Å². The Labute approximate surface area is 191 Å². The summed E-state index contributed by atoms with van der Waals surface area (Å²) < 4.78 is 13.9. The molecule has 0 bridgehead atoms. The quantitative estimate of drug-likeness (QED) is 0.482. The van der Waals surface area contributed by atoms with Crippen LogP contribution in [0.1, 0.15) is 26.3 Å². The SMILES string of the molecule is COc1ccc(-c2cccc(Oc3ncc(C#N)cc3SNC(=O)NC(C)(C)C)c2)cc1. The Morgan fingerprint density at radius 2 is 1.81 bits per heavy atom. The predicted octanol–water partition coefficient (Wildman–Crippen LogP) is 5.53. The van der Waals surface area contributed by atoms with Crippen LogP contribution in [0.15, 0.2) is 65.7 Å². The first-order valence-corrected chi connectivity index (χ1v) is 10.7. The number of benzene rings is 2. The normalized spacial score (nSPS) is 10.7. The van der Waals surface area contributed by atoms with E-state index in [-0.39, 0.29) is 17.5 Å². The number of carbonyl (C=O) groups excluding carboxylic acids is 1. The lowest BCUT2D eigenvalue weighted by Gasteiger charge is -2.20. The minimum atomic E-state index is -0.376. The lowest BCUT2D eigenvalue weighted by atomic mass is 10.1. The maximum Gasteiger partial charge on any atom is 0.325 e. The molecule has 2 aromatic carbocycles. The van der Waals surface area contributed by atoms with Gasteiger partial charge in [0, 0.05) is 11.7 Å². The van der Waals surface area contributed by atoms with Crippen LogP contribution < -0.4 is 19.5 Å². The van der Waals surface area contributed by atoms with E-state index in [4.69, 9.17) is 9.47 Å². The topological polar surface area (TPSA) is 96.3 Å². The molecule has 164 valence electrons. The van der Waals surface area contributed by atoms with Gasteiger partial charge in [-0.3, -0.25) is 4.72 Å². The zero-order valence-electron chi connectivity index (χ0n) is 18.3. The van der Waals surface area contributed by atoms with Crippen molar-refractivity contribution in [2.45, 2.75) is 31.2 Å². The fraction of sp³-hybridized carbons (Fsp3) is 0.208. The summed E-state index contributed by atoms with van der Waals surface area (Å²) in [5, 5.41) is 12.0. The molecule has 32 heavy (non-hydrogen) atoms. The Bertz CT molecular complexity index is 1140. The molecule has 0 fully saturated rings. The maximum atomic E-state index is 12.1. The van der Waals surface area contributed by atoms with Gasteiger partial charge in [-0.05, 0) is 74.2 Å². The largest absolute Gasteiger partial charge is 0.497 e. The number of ether oxygens (including phenoxy) is 2. The molecular weight excluding hydrogens is 424 g/mol. The lowest BCUT2D eigenvalue weighted by molar-refractivity contribution is 0.238. The molecule has 7 nitrogen and oxygen atoms in total. The van der Waals surface area contributed by atoms with Crippen molar-refractivity contribution in [1.82, 2.24) is 15.0 Å². The van der Waals surface area contributed by atoms with E-state index in [9.17, 15) is 10.1 Å². The first-order valence-electron chi connectivity index (χ1n) is 9.85. The molecule has 3 aromatic rings. The summed E-state index contributed by atoms with van der Waals surface area (Å²) in [4.78, 5) is 16.9. The Hall–Kier alpha value is -3.70. The Morgan fingerprint density at radius 1 is 1.06 bits per heavy atom. The average Bonchev–Trinajstić information content (AvgIpc) is 2.77. The van der Waals surface area contributed by atoms with Crippen molar-refractivity contribution < 1.29 is 14.3 Å². The molecule has 0 aliphatic heterocycles. The van der Waals surface area contributed by atoms with Crippen molar-refractivity contribution in [3.05, 3.63) is 66.4 Å². The third kappa shape index (κ3) is 6.40. The number of amides is 2. The fourth-order valence-corrected chi connectivity index (χ4v) is 3.37. The van der Waals surface area contributed by atoms with Crippen LogP contribution >= 0.6 is 11.9 Å². The monoisotopic (exact) mass is 448 g/mol. The summed E-state index contributed by atoms with van der Waals surface area (Å²) in [6.45, 7) is 5.67. The van der Waals surface area contributed by atoms with Crippen LogP contribution in [-0.2, 0) is 0 Å². The van der Waals surface area contributed by atoms with Gasteiger partial charge in [-0.2, -0.15) is 5.26 Å².